The van der Waals surface area contributed by atoms with Crippen molar-refractivity contribution >= 4 is 10.8 Å². The SMILES string of the molecule is CCCNC1CCCCc2c1cc(F)c1ccccc21. The maximum absolute atomic E-state index is 14.4. The van der Waals surface area contributed by atoms with Gasteiger partial charge in [-0.05, 0) is 54.8 Å². The molecule has 1 atom stereocenters. The topological polar surface area (TPSA) is 12.0 Å². The Hall–Kier alpha value is -1.41. The molecule has 0 fully saturated rings. The molecule has 20 heavy (non-hydrogen) atoms. The van der Waals surface area contributed by atoms with Gasteiger partial charge in [0.25, 0.3) is 0 Å². The Morgan fingerprint density at radius 2 is 2.00 bits per heavy atom. The molecule has 0 bridgehead atoms. The van der Waals surface area contributed by atoms with E-state index in [-0.39, 0.29) is 5.82 Å². The van der Waals surface area contributed by atoms with Crippen LogP contribution in [0.4, 0.5) is 4.39 Å². The third-order valence-corrected chi connectivity index (χ3v) is 4.33. The second-order valence-electron chi connectivity index (χ2n) is 5.72. The fraction of sp³-hybridized carbons (Fsp3) is 0.444. The highest BCUT2D eigenvalue weighted by molar-refractivity contribution is 5.87. The van der Waals surface area contributed by atoms with Gasteiger partial charge in [-0.15, -0.1) is 0 Å². The Morgan fingerprint density at radius 1 is 1.20 bits per heavy atom. The van der Waals surface area contributed by atoms with Crippen LogP contribution in [0.5, 0.6) is 0 Å². The molecule has 1 nitrogen and oxygen atoms in total. The summed E-state index contributed by atoms with van der Waals surface area (Å²) in [6.07, 6.45) is 5.71. The van der Waals surface area contributed by atoms with Crippen LogP contribution >= 0.6 is 0 Å². The molecule has 2 aromatic rings. The van der Waals surface area contributed by atoms with Crippen molar-refractivity contribution in [1.82, 2.24) is 5.32 Å². The van der Waals surface area contributed by atoms with Crippen LogP contribution in [0.25, 0.3) is 10.8 Å². The van der Waals surface area contributed by atoms with Crippen molar-refractivity contribution in [3.8, 4) is 0 Å². The van der Waals surface area contributed by atoms with E-state index in [4.69, 9.17) is 0 Å². The lowest BCUT2D eigenvalue weighted by atomic mass is 9.93. The predicted octanol–water partition coefficient (Wildman–Crippen LogP) is 4.75. The molecule has 0 aromatic heterocycles. The number of halogens is 1. The minimum Gasteiger partial charge on any atom is -0.310 e. The van der Waals surface area contributed by atoms with Crippen molar-refractivity contribution in [3.63, 3.8) is 0 Å². The first-order chi connectivity index (χ1) is 9.81. The second kappa shape index (κ2) is 5.92. The minimum atomic E-state index is -0.0791. The number of hydrogen-bond donors (Lipinski definition) is 1. The summed E-state index contributed by atoms with van der Waals surface area (Å²) in [6.45, 7) is 3.17. The zero-order valence-corrected chi connectivity index (χ0v) is 12.1. The molecule has 0 heterocycles. The molecule has 1 aliphatic rings. The number of fused-ring (bicyclic) bond motifs is 3. The van der Waals surface area contributed by atoms with Crippen molar-refractivity contribution in [2.75, 3.05) is 6.54 Å². The van der Waals surface area contributed by atoms with Crippen LogP contribution in [-0.4, -0.2) is 6.54 Å². The van der Waals surface area contributed by atoms with Gasteiger partial charge in [0.1, 0.15) is 5.82 Å². The summed E-state index contributed by atoms with van der Waals surface area (Å²) < 4.78 is 14.4. The second-order valence-corrected chi connectivity index (χ2v) is 5.72. The standard InChI is InChI=1S/C18H22FN/c1-2-11-20-18-10-6-5-8-14-13-7-3-4-9-15(13)17(19)12-16(14)18/h3-4,7,9,12,18,20H,2,5-6,8,10-11H2,1H3. The first-order valence-electron chi connectivity index (χ1n) is 7.74. The van der Waals surface area contributed by atoms with E-state index in [2.05, 4.69) is 18.3 Å². The molecule has 2 aromatic carbocycles. The molecule has 0 aliphatic heterocycles. The van der Waals surface area contributed by atoms with Crippen molar-refractivity contribution in [2.45, 2.75) is 45.1 Å². The molecule has 0 radical (unpaired) electrons. The molecule has 1 N–H and O–H groups in total. The Balaban J connectivity index is 2.13. The van der Waals surface area contributed by atoms with Gasteiger partial charge in [-0.3, -0.25) is 0 Å². The van der Waals surface area contributed by atoms with Crippen LogP contribution in [0.1, 0.15) is 49.8 Å². The van der Waals surface area contributed by atoms with Crippen LogP contribution < -0.4 is 5.32 Å². The molecule has 0 saturated carbocycles. The summed E-state index contributed by atoms with van der Waals surface area (Å²) in [5, 5.41) is 5.46. The Labute approximate surface area is 120 Å². The fourth-order valence-electron chi connectivity index (χ4n) is 3.34. The quantitative estimate of drug-likeness (QED) is 0.795. The smallest absolute Gasteiger partial charge is 0.131 e. The van der Waals surface area contributed by atoms with Crippen LogP contribution in [-0.2, 0) is 6.42 Å². The average Bonchev–Trinajstić information content (AvgIpc) is 2.68. The minimum absolute atomic E-state index is 0.0791. The molecule has 3 rings (SSSR count). The van der Waals surface area contributed by atoms with Crippen LogP contribution in [0.15, 0.2) is 30.3 Å². The number of benzene rings is 2. The lowest BCUT2D eigenvalue weighted by molar-refractivity contribution is 0.487. The zero-order valence-electron chi connectivity index (χ0n) is 12.1. The van der Waals surface area contributed by atoms with E-state index in [9.17, 15) is 4.39 Å². The number of nitrogens with one attached hydrogen (secondary N) is 1. The van der Waals surface area contributed by atoms with Crippen molar-refractivity contribution in [2.24, 2.45) is 0 Å². The van der Waals surface area contributed by atoms with E-state index in [0.717, 1.165) is 36.6 Å². The zero-order chi connectivity index (χ0) is 13.9. The first-order valence-corrected chi connectivity index (χ1v) is 7.74. The van der Waals surface area contributed by atoms with Crippen molar-refractivity contribution < 1.29 is 4.39 Å². The van der Waals surface area contributed by atoms with E-state index in [1.165, 1.54) is 24.0 Å². The van der Waals surface area contributed by atoms with Gasteiger partial charge in [-0.2, -0.15) is 0 Å². The number of aryl methyl sites for hydroxylation is 1. The molecule has 0 saturated heterocycles. The van der Waals surface area contributed by atoms with E-state index >= 15 is 0 Å². The summed E-state index contributed by atoms with van der Waals surface area (Å²) in [4.78, 5) is 0. The van der Waals surface area contributed by atoms with Crippen LogP contribution in [0.3, 0.4) is 0 Å². The largest absolute Gasteiger partial charge is 0.310 e. The molecule has 1 unspecified atom stereocenters. The monoisotopic (exact) mass is 271 g/mol. The molecule has 0 amide bonds. The maximum atomic E-state index is 14.4. The summed E-state index contributed by atoms with van der Waals surface area (Å²) >= 11 is 0. The lowest BCUT2D eigenvalue weighted by Crippen LogP contribution is -2.22. The number of rotatable bonds is 3. The van der Waals surface area contributed by atoms with E-state index < -0.39 is 0 Å². The molecule has 0 spiro atoms. The van der Waals surface area contributed by atoms with Crippen molar-refractivity contribution in [1.29, 1.82) is 0 Å². The molecule has 1 aliphatic carbocycles. The molecule has 106 valence electrons. The first kappa shape index (κ1) is 13.6. The lowest BCUT2D eigenvalue weighted by Gasteiger charge is -2.20. The van der Waals surface area contributed by atoms with Gasteiger partial charge in [0.05, 0.1) is 0 Å². The molecular weight excluding hydrogens is 249 g/mol. The highest BCUT2D eigenvalue weighted by Gasteiger charge is 2.21. The van der Waals surface area contributed by atoms with Gasteiger partial charge in [0.2, 0.25) is 0 Å². The van der Waals surface area contributed by atoms with Gasteiger partial charge in [0.15, 0.2) is 0 Å². The van der Waals surface area contributed by atoms with Crippen LogP contribution in [0, 0.1) is 5.82 Å². The Morgan fingerprint density at radius 3 is 2.80 bits per heavy atom. The summed E-state index contributed by atoms with van der Waals surface area (Å²) in [6, 6.07) is 9.98. The molecule has 2 heteroatoms. The van der Waals surface area contributed by atoms with Gasteiger partial charge >= 0.3 is 0 Å². The third-order valence-electron chi connectivity index (χ3n) is 4.33. The van der Waals surface area contributed by atoms with Gasteiger partial charge in [-0.1, -0.05) is 37.6 Å². The van der Waals surface area contributed by atoms with Crippen molar-refractivity contribution in [3.05, 3.63) is 47.3 Å². The third kappa shape index (κ3) is 2.45. The average molecular weight is 271 g/mol. The maximum Gasteiger partial charge on any atom is 0.131 e. The van der Waals surface area contributed by atoms with Gasteiger partial charge in [-0.25, -0.2) is 4.39 Å². The van der Waals surface area contributed by atoms with E-state index in [1.807, 2.05) is 18.2 Å². The van der Waals surface area contributed by atoms with E-state index in [1.54, 1.807) is 6.07 Å². The molecular formula is C18H22FN. The summed E-state index contributed by atoms with van der Waals surface area (Å²) in [7, 11) is 0. The Bertz CT molecular complexity index is 606. The highest BCUT2D eigenvalue weighted by atomic mass is 19.1. The summed E-state index contributed by atoms with van der Waals surface area (Å²) in [5.41, 5.74) is 2.54. The Kier molecular flexibility index (Phi) is 4.02. The van der Waals surface area contributed by atoms with Gasteiger partial charge < -0.3 is 5.32 Å². The fourth-order valence-corrected chi connectivity index (χ4v) is 3.34. The predicted molar refractivity (Wildman–Crippen MR) is 82.5 cm³/mol. The van der Waals surface area contributed by atoms with Gasteiger partial charge in [0, 0.05) is 11.4 Å². The highest BCUT2D eigenvalue weighted by Crippen LogP contribution is 2.35. The van der Waals surface area contributed by atoms with E-state index in [0.29, 0.717) is 6.04 Å². The van der Waals surface area contributed by atoms with Crippen LogP contribution in [0.2, 0.25) is 0 Å². The normalized spacial score (nSPS) is 18.8. The summed E-state index contributed by atoms with van der Waals surface area (Å²) in [5.74, 6) is -0.0791. The number of hydrogen-bond acceptors (Lipinski definition) is 1.